The molecule has 2 amide bonds. The number of amides is 2. The molecule has 7 nitrogen and oxygen atoms in total. The van der Waals surface area contributed by atoms with Gasteiger partial charge in [-0.25, -0.2) is 4.79 Å². The van der Waals surface area contributed by atoms with Crippen LogP contribution in [0.4, 0.5) is 4.79 Å². The Bertz CT molecular complexity index is 1070. The first kappa shape index (κ1) is 24.8. The van der Waals surface area contributed by atoms with Crippen molar-refractivity contribution in [2.45, 2.75) is 58.4 Å². The molecular formula is C28H34N2O5. The Morgan fingerprint density at radius 1 is 1.03 bits per heavy atom. The van der Waals surface area contributed by atoms with E-state index < -0.39 is 23.5 Å². The van der Waals surface area contributed by atoms with Crippen LogP contribution in [0.2, 0.25) is 0 Å². The standard InChI is InChI=1S/C28H34N2O5/c1-27(2,3)13-12-23(24(31)29-17-28(14-15-28)25(32)33)30-26(34)35-16-22-20-10-6-4-8-18(20)19-9-5-7-11-21(19)22/h4-11,22-23H,12-17H2,1-3H3,(H,29,31)(H,30,34)(H,32,33). The summed E-state index contributed by atoms with van der Waals surface area (Å²) in [6, 6.07) is 15.4. The summed E-state index contributed by atoms with van der Waals surface area (Å²) in [5.41, 5.74) is 3.63. The molecule has 0 bridgehead atoms. The number of carbonyl (C=O) groups is 3. The van der Waals surface area contributed by atoms with Crippen molar-refractivity contribution in [3.05, 3.63) is 59.7 Å². The van der Waals surface area contributed by atoms with Gasteiger partial charge in [-0.1, -0.05) is 69.3 Å². The van der Waals surface area contributed by atoms with Crippen LogP contribution in [0.15, 0.2) is 48.5 Å². The van der Waals surface area contributed by atoms with Gasteiger partial charge in [0.05, 0.1) is 5.41 Å². The zero-order valence-corrected chi connectivity index (χ0v) is 20.6. The normalized spacial score (nSPS) is 16.5. The molecule has 2 aliphatic rings. The first-order chi connectivity index (χ1) is 16.6. The molecule has 2 aromatic rings. The van der Waals surface area contributed by atoms with E-state index in [1.165, 1.54) is 0 Å². The predicted octanol–water partition coefficient (Wildman–Crippen LogP) is 4.70. The van der Waals surface area contributed by atoms with E-state index in [4.69, 9.17) is 4.74 Å². The summed E-state index contributed by atoms with van der Waals surface area (Å²) >= 11 is 0. The summed E-state index contributed by atoms with van der Waals surface area (Å²) in [4.78, 5) is 37.1. The average molecular weight is 479 g/mol. The van der Waals surface area contributed by atoms with Crippen LogP contribution in [-0.2, 0) is 14.3 Å². The Balaban J connectivity index is 1.39. The molecule has 4 rings (SSSR count). The lowest BCUT2D eigenvalue weighted by atomic mass is 9.88. The molecule has 1 saturated carbocycles. The van der Waals surface area contributed by atoms with Gasteiger partial charge in [-0.3, -0.25) is 9.59 Å². The van der Waals surface area contributed by atoms with Crippen LogP contribution in [0.3, 0.4) is 0 Å². The SMILES string of the molecule is CC(C)(C)CCC(NC(=O)OCC1c2ccccc2-c2ccccc21)C(=O)NCC1(C(=O)O)CC1. The summed E-state index contributed by atoms with van der Waals surface area (Å²) in [5, 5.41) is 14.9. The van der Waals surface area contributed by atoms with E-state index in [-0.39, 0.29) is 30.4 Å². The van der Waals surface area contributed by atoms with Crippen LogP contribution in [-0.4, -0.2) is 42.3 Å². The molecule has 0 heterocycles. The van der Waals surface area contributed by atoms with E-state index in [0.717, 1.165) is 22.3 Å². The lowest BCUT2D eigenvalue weighted by Gasteiger charge is -2.24. The van der Waals surface area contributed by atoms with Crippen molar-refractivity contribution < 1.29 is 24.2 Å². The second-order valence-electron chi connectivity index (χ2n) is 10.9. The number of ether oxygens (including phenoxy) is 1. The summed E-state index contributed by atoms with van der Waals surface area (Å²) in [6.45, 7) is 6.44. The van der Waals surface area contributed by atoms with Crippen LogP contribution >= 0.6 is 0 Å². The molecule has 0 radical (unpaired) electrons. The molecular weight excluding hydrogens is 444 g/mol. The fourth-order valence-corrected chi connectivity index (χ4v) is 4.63. The Morgan fingerprint density at radius 3 is 2.11 bits per heavy atom. The maximum atomic E-state index is 12.9. The highest BCUT2D eigenvalue weighted by atomic mass is 16.5. The Hall–Kier alpha value is -3.35. The number of fused-ring (bicyclic) bond motifs is 3. The van der Waals surface area contributed by atoms with Gasteiger partial charge in [0.1, 0.15) is 12.6 Å². The van der Waals surface area contributed by atoms with Crippen molar-refractivity contribution in [1.29, 1.82) is 0 Å². The van der Waals surface area contributed by atoms with E-state index in [9.17, 15) is 19.5 Å². The second kappa shape index (κ2) is 9.72. The quantitative estimate of drug-likeness (QED) is 0.485. The lowest BCUT2D eigenvalue weighted by molar-refractivity contribution is -0.143. The zero-order valence-electron chi connectivity index (χ0n) is 20.6. The number of nitrogens with one attached hydrogen (secondary N) is 2. The van der Waals surface area contributed by atoms with Crippen molar-refractivity contribution in [3.8, 4) is 11.1 Å². The highest BCUT2D eigenvalue weighted by molar-refractivity contribution is 5.87. The number of hydrogen-bond donors (Lipinski definition) is 3. The molecule has 1 unspecified atom stereocenters. The first-order valence-corrected chi connectivity index (χ1v) is 12.2. The van der Waals surface area contributed by atoms with Gasteiger partial charge in [0.25, 0.3) is 0 Å². The number of aliphatic carboxylic acids is 1. The molecule has 0 aliphatic heterocycles. The number of benzene rings is 2. The minimum atomic E-state index is -0.895. The molecule has 7 heteroatoms. The molecule has 0 aromatic heterocycles. The van der Waals surface area contributed by atoms with Crippen molar-refractivity contribution in [2.24, 2.45) is 10.8 Å². The van der Waals surface area contributed by atoms with Gasteiger partial charge < -0.3 is 20.5 Å². The van der Waals surface area contributed by atoms with Gasteiger partial charge in [0, 0.05) is 12.5 Å². The Morgan fingerprint density at radius 2 is 1.60 bits per heavy atom. The summed E-state index contributed by atoms with van der Waals surface area (Å²) in [6.07, 6.45) is 1.59. The zero-order chi connectivity index (χ0) is 25.2. The number of alkyl carbamates (subject to hydrolysis) is 1. The highest BCUT2D eigenvalue weighted by Gasteiger charge is 2.50. The monoisotopic (exact) mass is 478 g/mol. The molecule has 3 N–H and O–H groups in total. The third-order valence-corrected chi connectivity index (χ3v) is 7.04. The van der Waals surface area contributed by atoms with Gasteiger partial charge in [-0.2, -0.15) is 0 Å². The number of carboxylic acids is 1. The molecule has 2 aromatic carbocycles. The first-order valence-electron chi connectivity index (χ1n) is 12.2. The molecule has 1 atom stereocenters. The average Bonchev–Trinajstić information content (AvgIpc) is 3.55. The maximum Gasteiger partial charge on any atom is 0.407 e. The highest BCUT2D eigenvalue weighted by Crippen LogP contribution is 2.45. The fourth-order valence-electron chi connectivity index (χ4n) is 4.63. The van der Waals surface area contributed by atoms with Gasteiger partial charge in [0.15, 0.2) is 0 Å². The van der Waals surface area contributed by atoms with E-state index in [1.807, 2.05) is 24.3 Å². The van der Waals surface area contributed by atoms with Gasteiger partial charge in [-0.05, 0) is 53.4 Å². The van der Waals surface area contributed by atoms with Crippen LogP contribution in [0.1, 0.15) is 63.5 Å². The van der Waals surface area contributed by atoms with Gasteiger partial charge in [-0.15, -0.1) is 0 Å². The third kappa shape index (κ3) is 5.66. The summed E-state index contributed by atoms with van der Waals surface area (Å²) in [5.74, 6) is -1.34. The topological polar surface area (TPSA) is 105 Å². The minimum absolute atomic E-state index is 0.0276. The smallest absolute Gasteiger partial charge is 0.407 e. The molecule has 1 fully saturated rings. The van der Waals surface area contributed by atoms with E-state index in [1.54, 1.807) is 0 Å². The van der Waals surface area contributed by atoms with E-state index in [0.29, 0.717) is 25.7 Å². The Labute approximate surface area is 206 Å². The van der Waals surface area contributed by atoms with Crippen LogP contribution in [0.5, 0.6) is 0 Å². The van der Waals surface area contributed by atoms with Gasteiger partial charge in [0.2, 0.25) is 5.91 Å². The fraction of sp³-hybridized carbons (Fsp3) is 0.464. The third-order valence-electron chi connectivity index (χ3n) is 7.04. The van der Waals surface area contributed by atoms with Crippen LogP contribution in [0.25, 0.3) is 11.1 Å². The molecule has 2 aliphatic carbocycles. The number of hydrogen-bond acceptors (Lipinski definition) is 4. The second-order valence-corrected chi connectivity index (χ2v) is 10.9. The van der Waals surface area contributed by atoms with Crippen LogP contribution in [0, 0.1) is 10.8 Å². The maximum absolute atomic E-state index is 12.9. The molecule has 186 valence electrons. The molecule has 0 spiro atoms. The van der Waals surface area contributed by atoms with Crippen molar-refractivity contribution in [3.63, 3.8) is 0 Å². The number of carbonyl (C=O) groups excluding carboxylic acids is 2. The molecule has 35 heavy (non-hydrogen) atoms. The largest absolute Gasteiger partial charge is 0.481 e. The summed E-state index contributed by atoms with van der Waals surface area (Å²) < 4.78 is 5.62. The lowest BCUT2D eigenvalue weighted by Crippen LogP contribution is -2.49. The minimum Gasteiger partial charge on any atom is -0.481 e. The van der Waals surface area contributed by atoms with E-state index in [2.05, 4.69) is 55.7 Å². The summed E-state index contributed by atoms with van der Waals surface area (Å²) in [7, 11) is 0. The number of carboxylic acid groups (broad SMARTS) is 1. The van der Waals surface area contributed by atoms with Gasteiger partial charge >= 0.3 is 12.1 Å². The van der Waals surface area contributed by atoms with Crippen molar-refractivity contribution in [2.75, 3.05) is 13.2 Å². The van der Waals surface area contributed by atoms with Crippen molar-refractivity contribution >= 4 is 18.0 Å². The van der Waals surface area contributed by atoms with E-state index >= 15 is 0 Å². The number of rotatable bonds is 9. The van der Waals surface area contributed by atoms with Crippen molar-refractivity contribution in [1.82, 2.24) is 10.6 Å². The van der Waals surface area contributed by atoms with Crippen LogP contribution < -0.4 is 10.6 Å². The Kier molecular flexibility index (Phi) is 6.88. The molecule has 0 saturated heterocycles. The predicted molar refractivity (Wildman–Crippen MR) is 133 cm³/mol.